The number of carbonyl (C=O) groups is 4. The molecular weight excluding hydrogens is 458 g/mol. The first-order valence-electron chi connectivity index (χ1n) is 12.5. The fourth-order valence-electron chi connectivity index (χ4n) is 4.51. The maximum atomic E-state index is 12.9. The zero-order valence-electron chi connectivity index (χ0n) is 23.7. The summed E-state index contributed by atoms with van der Waals surface area (Å²) in [5.74, 6) is -2.43. The van der Waals surface area contributed by atoms with E-state index in [1.807, 2.05) is 40.7 Å². The van der Waals surface area contributed by atoms with Gasteiger partial charge in [0.15, 0.2) is 0 Å². The van der Waals surface area contributed by atoms with Crippen LogP contribution in [0.5, 0.6) is 0 Å². The molecule has 1 aliphatic rings. The Hall–Kier alpha value is -2.90. The largest absolute Gasteiger partial charge is 0.456 e. The SMILES string of the molecule is C=C1CC(=O)N[C@@H](C)C(=O)N(C)C(C(C)C)C(=O)NCC(=O)OC(/C(C)=C/C(C)=C/C(C)(C)C)[C@H]1C. The third-order valence-corrected chi connectivity index (χ3v) is 6.13. The second-order valence-corrected chi connectivity index (χ2v) is 11.3. The Morgan fingerprint density at radius 2 is 1.72 bits per heavy atom. The molecule has 2 unspecified atom stereocenters. The van der Waals surface area contributed by atoms with Crippen molar-refractivity contribution in [3.05, 3.63) is 35.5 Å². The molecule has 0 spiro atoms. The van der Waals surface area contributed by atoms with Crippen molar-refractivity contribution in [3.8, 4) is 0 Å². The van der Waals surface area contributed by atoms with Gasteiger partial charge in [-0.2, -0.15) is 0 Å². The zero-order valence-corrected chi connectivity index (χ0v) is 23.7. The van der Waals surface area contributed by atoms with Crippen LogP contribution in [0.15, 0.2) is 35.5 Å². The minimum absolute atomic E-state index is 0.0224. The van der Waals surface area contributed by atoms with Gasteiger partial charge in [-0.25, -0.2) is 0 Å². The fourth-order valence-corrected chi connectivity index (χ4v) is 4.51. The molecule has 36 heavy (non-hydrogen) atoms. The lowest BCUT2D eigenvalue weighted by atomic mass is 9.88. The summed E-state index contributed by atoms with van der Waals surface area (Å²) in [6.45, 7) is 21.0. The smallest absolute Gasteiger partial charge is 0.326 e. The van der Waals surface area contributed by atoms with Gasteiger partial charge in [0, 0.05) is 19.4 Å². The van der Waals surface area contributed by atoms with Crippen LogP contribution >= 0.6 is 0 Å². The fraction of sp³-hybridized carbons (Fsp3) is 0.643. The summed E-state index contributed by atoms with van der Waals surface area (Å²) < 4.78 is 5.83. The Morgan fingerprint density at radius 3 is 2.25 bits per heavy atom. The number of carbonyl (C=O) groups excluding carboxylic acids is 4. The molecule has 1 rings (SSSR count). The van der Waals surface area contributed by atoms with E-state index in [1.165, 1.54) is 11.9 Å². The molecule has 0 aliphatic carbocycles. The molecule has 3 amide bonds. The highest BCUT2D eigenvalue weighted by atomic mass is 16.5. The molecule has 1 aliphatic heterocycles. The van der Waals surface area contributed by atoms with Crippen molar-refractivity contribution in [2.75, 3.05) is 13.6 Å². The Kier molecular flexibility index (Phi) is 11.1. The van der Waals surface area contributed by atoms with Crippen LogP contribution in [-0.2, 0) is 23.9 Å². The summed E-state index contributed by atoms with van der Waals surface area (Å²) >= 11 is 0. The maximum Gasteiger partial charge on any atom is 0.326 e. The van der Waals surface area contributed by atoms with Gasteiger partial charge in [-0.1, -0.05) is 71.4 Å². The van der Waals surface area contributed by atoms with Gasteiger partial charge in [-0.05, 0) is 37.7 Å². The van der Waals surface area contributed by atoms with Crippen LogP contribution in [0, 0.1) is 17.3 Å². The van der Waals surface area contributed by atoms with Crippen LogP contribution < -0.4 is 10.6 Å². The maximum absolute atomic E-state index is 12.9. The van der Waals surface area contributed by atoms with E-state index in [0.717, 1.165) is 11.1 Å². The van der Waals surface area contributed by atoms with Crippen LogP contribution in [0.4, 0.5) is 0 Å². The van der Waals surface area contributed by atoms with E-state index in [2.05, 4.69) is 44.1 Å². The Bertz CT molecular complexity index is 926. The summed E-state index contributed by atoms with van der Waals surface area (Å²) in [4.78, 5) is 52.8. The molecule has 0 aromatic carbocycles. The quantitative estimate of drug-likeness (QED) is 0.348. The second kappa shape index (κ2) is 12.9. The number of esters is 1. The monoisotopic (exact) mass is 503 g/mol. The molecule has 4 atom stereocenters. The van der Waals surface area contributed by atoms with E-state index in [9.17, 15) is 19.2 Å². The first-order valence-corrected chi connectivity index (χ1v) is 12.5. The van der Waals surface area contributed by atoms with E-state index in [0.29, 0.717) is 5.57 Å². The van der Waals surface area contributed by atoms with Crippen LogP contribution in [0.25, 0.3) is 0 Å². The van der Waals surface area contributed by atoms with Gasteiger partial charge in [0.2, 0.25) is 17.7 Å². The van der Waals surface area contributed by atoms with Crippen molar-refractivity contribution >= 4 is 23.7 Å². The van der Waals surface area contributed by atoms with Crippen LogP contribution in [0.1, 0.15) is 68.7 Å². The van der Waals surface area contributed by atoms with Gasteiger partial charge in [-0.3, -0.25) is 19.2 Å². The van der Waals surface area contributed by atoms with E-state index >= 15 is 0 Å². The Balaban J connectivity index is 3.40. The van der Waals surface area contributed by atoms with Gasteiger partial charge < -0.3 is 20.3 Å². The zero-order chi connectivity index (χ0) is 28.0. The van der Waals surface area contributed by atoms with Crippen molar-refractivity contribution in [2.24, 2.45) is 17.3 Å². The first kappa shape index (κ1) is 31.1. The minimum Gasteiger partial charge on any atom is -0.456 e. The highest BCUT2D eigenvalue weighted by Gasteiger charge is 2.34. The summed E-state index contributed by atoms with van der Waals surface area (Å²) in [5, 5.41) is 5.33. The van der Waals surface area contributed by atoms with Gasteiger partial charge in [-0.15, -0.1) is 0 Å². The molecule has 8 nitrogen and oxygen atoms in total. The number of cyclic esters (lactones) is 1. The predicted octanol–water partition coefficient (Wildman–Crippen LogP) is 3.54. The normalized spacial score (nSPS) is 26.8. The number of allylic oxidation sites excluding steroid dienone is 3. The number of hydrogen-bond acceptors (Lipinski definition) is 5. The predicted molar refractivity (Wildman–Crippen MR) is 142 cm³/mol. The molecule has 0 aromatic rings. The lowest BCUT2D eigenvalue weighted by Gasteiger charge is -2.32. The molecule has 8 heteroatoms. The molecule has 0 aromatic heterocycles. The standard InChI is InChI=1S/C28H45N3O5/c1-16(2)24-26(34)29-15-23(33)36-25(19(5)12-17(3)14-28(8,9)10)20(6)18(4)13-22(32)30-21(7)27(35)31(24)11/h12,14,16,20-21,24-25H,4,13,15H2,1-3,5-11H3,(H,29,34)(H,30,32)/b17-14+,19-12+/t20-,21-,24?,25?/m0/s1. The summed E-state index contributed by atoms with van der Waals surface area (Å²) in [6.07, 6.45) is 3.39. The molecule has 0 saturated carbocycles. The van der Waals surface area contributed by atoms with Crippen LogP contribution in [-0.4, -0.2) is 60.4 Å². The lowest BCUT2D eigenvalue weighted by molar-refractivity contribution is -0.149. The second-order valence-electron chi connectivity index (χ2n) is 11.3. The Labute approximate surface area is 216 Å². The lowest BCUT2D eigenvalue weighted by Crippen LogP contribution is -2.55. The van der Waals surface area contributed by atoms with Crippen molar-refractivity contribution in [1.82, 2.24) is 15.5 Å². The van der Waals surface area contributed by atoms with E-state index in [1.54, 1.807) is 6.92 Å². The molecule has 2 N–H and O–H groups in total. The number of likely N-dealkylation sites (N-methyl/N-ethyl adjacent to an activating group) is 1. The molecule has 1 saturated heterocycles. The molecule has 0 bridgehead atoms. The average Bonchev–Trinajstić information content (AvgIpc) is 2.72. The minimum atomic E-state index is -0.828. The number of nitrogens with zero attached hydrogens (tertiary/aromatic N) is 1. The van der Waals surface area contributed by atoms with Crippen molar-refractivity contribution in [3.63, 3.8) is 0 Å². The number of ether oxygens (including phenoxy) is 1. The summed E-state index contributed by atoms with van der Waals surface area (Å²) in [5.41, 5.74) is 2.37. The highest BCUT2D eigenvalue weighted by molar-refractivity contribution is 5.93. The first-order chi connectivity index (χ1) is 16.4. The Morgan fingerprint density at radius 1 is 1.14 bits per heavy atom. The topological polar surface area (TPSA) is 105 Å². The molecule has 0 radical (unpaired) electrons. The average molecular weight is 504 g/mol. The molecule has 1 fully saturated rings. The number of rotatable bonds is 3. The molecule has 1 heterocycles. The van der Waals surface area contributed by atoms with Crippen molar-refractivity contribution < 1.29 is 23.9 Å². The van der Waals surface area contributed by atoms with E-state index < -0.39 is 36.0 Å². The third kappa shape index (κ3) is 9.28. The van der Waals surface area contributed by atoms with Crippen LogP contribution in [0.2, 0.25) is 0 Å². The van der Waals surface area contributed by atoms with Crippen molar-refractivity contribution in [2.45, 2.75) is 86.9 Å². The third-order valence-electron chi connectivity index (χ3n) is 6.13. The highest BCUT2D eigenvalue weighted by Crippen LogP contribution is 2.27. The van der Waals surface area contributed by atoms with E-state index in [-0.39, 0.29) is 36.1 Å². The summed E-state index contributed by atoms with van der Waals surface area (Å²) in [6, 6.07) is -1.64. The molecular formula is C28H45N3O5. The van der Waals surface area contributed by atoms with Gasteiger partial charge in [0.1, 0.15) is 24.7 Å². The van der Waals surface area contributed by atoms with Gasteiger partial charge in [0.25, 0.3) is 0 Å². The van der Waals surface area contributed by atoms with E-state index in [4.69, 9.17) is 4.74 Å². The number of nitrogens with one attached hydrogen (secondary N) is 2. The van der Waals surface area contributed by atoms with Crippen LogP contribution in [0.3, 0.4) is 0 Å². The number of amides is 3. The number of hydrogen-bond donors (Lipinski definition) is 2. The van der Waals surface area contributed by atoms with Crippen molar-refractivity contribution in [1.29, 1.82) is 0 Å². The molecule has 202 valence electrons. The van der Waals surface area contributed by atoms with Gasteiger partial charge in [0.05, 0.1) is 0 Å². The summed E-state index contributed by atoms with van der Waals surface area (Å²) in [7, 11) is 1.52. The van der Waals surface area contributed by atoms with Gasteiger partial charge >= 0.3 is 5.97 Å².